The van der Waals surface area contributed by atoms with Crippen molar-refractivity contribution in [2.24, 2.45) is 11.8 Å². The smallest absolute Gasteiger partial charge is 0.410 e. The van der Waals surface area contributed by atoms with Crippen LogP contribution in [0.4, 0.5) is 4.79 Å². The third-order valence-corrected chi connectivity index (χ3v) is 4.45. The molecule has 142 valence electrons. The molecule has 0 aromatic heterocycles. The second-order valence-electron chi connectivity index (χ2n) is 7.57. The molecule has 1 aliphatic rings. The van der Waals surface area contributed by atoms with Crippen molar-refractivity contribution in [1.29, 1.82) is 0 Å². The highest BCUT2D eigenvalue weighted by Crippen LogP contribution is 2.34. The van der Waals surface area contributed by atoms with Crippen molar-refractivity contribution >= 4 is 6.09 Å². The lowest BCUT2D eigenvalue weighted by molar-refractivity contribution is -0.00670. The minimum absolute atomic E-state index is 0.00426. The molecular formula is C20H33NO4. The van der Waals surface area contributed by atoms with E-state index in [0.717, 1.165) is 17.8 Å². The van der Waals surface area contributed by atoms with Gasteiger partial charge >= 0.3 is 6.09 Å². The number of nitrogens with zero attached hydrogens (tertiary/aromatic N) is 1. The molecule has 0 saturated carbocycles. The maximum Gasteiger partial charge on any atom is 0.410 e. The molecule has 1 aliphatic heterocycles. The summed E-state index contributed by atoms with van der Waals surface area (Å²) >= 11 is 0. The summed E-state index contributed by atoms with van der Waals surface area (Å²) in [6.45, 7) is 14.1. The van der Waals surface area contributed by atoms with Crippen LogP contribution in [0.2, 0.25) is 0 Å². The molecule has 1 heterocycles. The molecular weight excluding hydrogens is 318 g/mol. The number of aliphatic hydroxyl groups is 1. The van der Waals surface area contributed by atoms with E-state index in [1.807, 2.05) is 52.8 Å². The van der Waals surface area contributed by atoms with Crippen molar-refractivity contribution in [3.63, 3.8) is 0 Å². The lowest BCUT2D eigenvalue weighted by atomic mass is 9.78. The number of piperidine rings is 1. The third kappa shape index (κ3) is 6.24. The molecule has 0 spiro atoms. The van der Waals surface area contributed by atoms with Crippen molar-refractivity contribution in [2.75, 3.05) is 20.3 Å². The number of rotatable bonds is 5. The Balaban J connectivity index is 2.84. The van der Waals surface area contributed by atoms with Crippen LogP contribution in [0.25, 0.3) is 0 Å². The molecule has 25 heavy (non-hydrogen) atoms. The molecule has 1 amide bonds. The van der Waals surface area contributed by atoms with Crippen LogP contribution in [-0.4, -0.2) is 48.0 Å². The van der Waals surface area contributed by atoms with Gasteiger partial charge in [0.25, 0.3) is 0 Å². The van der Waals surface area contributed by atoms with Crippen LogP contribution in [0.5, 0.6) is 0 Å². The number of hydrogen-bond donors (Lipinski definition) is 1. The van der Waals surface area contributed by atoms with E-state index in [-0.39, 0.29) is 30.6 Å². The molecule has 5 heteroatoms. The Morgan fingerprint density at radius 1 is 1.36 bits per heavy atom. The topological polar surface area (TPSA) is 59.0 Å². The minimum Gasteiger partial charge on any atom is -0.497 e. The van der Waals surface area contributed by atoms with Crippen LogP contribution < -0.4 is 0 Å². The Morgan fingerprint density at radius 2 is 2.00 bits per heavy atom. The molecule has 3 atom stereocenters. The van der Waals surface area contributed by atoms with Gasteiger partial charge in [-0.1, -0.05) is 18.2 Å². The normalized spacial score (nSPS) is 25.2. The highest BCUT2D eigenvalue weighted by Gasteiger charge is 2.37. The van der Waals surface area contributed by atoms with Gasteiger partial charge in [0.05, 0.1) is 7.11 Å². The Hall–Kier alpha value is -1.75. The first kappa shape index (κ1) is 21.3. The summed E-state index contributed by atoms with van der Waals surface area (Å²) in [5.41, 5.74) is 0.406. The highest BCUT2D eigenvalue weighted by atomic mass is 16.6. The van der Waals surface area contributed by atoms with Gasteiger partial charge in [0.15, 0.2) is 0 Å². The molecule has 1 saturated heterocycles. The van der Waals surface area contributed by atoms with E-state index in [0.29, 0.717) is 6.54 Å². The van der Waals surface area contributed by atoms with Crippen molar-refractivity contribution in [2.45, 2.75) is 52.7 Å². The zero-order chi connectivity index (χ0) is 19.2. The summed E-state index contributed by atoms with van der Waals surface area (Å²) in [5, 5.41) is 9.82. The SMILES string of the molecule is C=C(/C=C\C(=C/C)OC)[C@H]1C[C@@H](C)N(C(=O)OC(C)(C)C)C[C@@H]1CO. The zero-order valence-corrected chi connectivity index (χ0v) is 16.4. The number of ether oxygens (including phenoxy) is 2. The summed E-state index contributed by atoms with van der Waals surface area (Å²) in [4.78, 5) is 14.1. The Morgan fingerprint density at radius 3 is 2.48 bits per heavy atom. The van der Waals surface area contributed by atoms with Crippen molar-refractivity contribution < 1.29 is 19.4 Å². The molecule has 5 nitrogen and oxygen atoms in total. The number of methoxy groups -OCH3 is 1. The molecule has 0 bridgehead atoms. The van der Waals surface area contributed by atoms with E-state index in [2.05, 4.69) is 6.58 Å². The van der Waals surface area contributed by atoms with Crippen molar-refractivity contribution in [3.8, 4) is 0 Å². The summed E-state index contributed by atoms with van der Waals surface area (Å²) < 4.78 is 10.7. The van der Waals surface area contributed by atoms with E-state index in [1.54, 1.807) is 12.0 Å². The second kappa shape index (κ2) is 9.09. The van der Waals surface area contributed by atoms with Gasteiger partial charge in [0, 0.05) is 25.1 Å². The van der Waals surface area contributed by atoms with Crippen molar-refractivity contribution in [3.05, 3.63) is 36.1 Å². The molecule has 1 fully saturated rings. The molecule has 0 aromatic carbocycles. The number of likely N-dealkylation sites (tertiary alicyclic amines) is 1. The van der Waals surface area contributed by atoms with Gasteiger partial charge in [-0.3, -0.25) is 0 Å². The van der Waals surface area contributed by atoms with Gasteiger partial charge in [-0.15, -0.1) is 0 Å². The predicted octanol–water partition coefficient (Wildman–Crippen LogP) is 3.90. The van der Waals surface area contributed by atoms with Crippen LogP contribution in [0.15, 0.2) is 36.1 Å². The molecule has 0 aromatic rings. The largest absolute Gasteiger partial charge is 0.497 e. The average Bonchev–Trinajstić information content (AvgIpc) is 2.53. The Labute approximate surface area is 152 Å². The quantitative estimate of drug-likeness (QED) is 0.603. The summed E-state index contributed by atoms with van der Waals surface area (Å²) in [7, 11) is 1.63. The molecule has 0 radical (unpaired) electrons. The van der Waals surface area contributed by atoms with E-state index in [9.17, 15) is 9.90 Å². The van der Waals surface area contributed by atoms with E-state index < -0.39 is 5.60 Å². The highest BCUT2D eigenvalue weighted by molar-refractivity contribution is 5.68. The number of carbonyl (C=O) groups excluding carboxylic acids is 1. The second-order valence-corrected chi connectivity index (χ2v) is 7.57. The minimum atomic E-state index is -0.530. The van der Waals surface area contributed by atoms with Crippen LogP contribution in [0.1, 0.15) is 41.0 Å². The first-order valence-electron chi connectivity index (χ1n) is 8.80. The zero-order valence-electron chi connectivity index (χ0n) is 16.4. The summed E-state index contributed by atoms with van der Waals surface area (Å²) in [6, 6.07) is 0.0245. The lowest BCUT2D eigenvalue weighted by Crippen LogP contribution is -2.51. The fourth-order valence-electron chi connectivity index (χ4n) is 3.06. The molecule has 1 rings (SSSR count). The number of carbonyl (C=O) groups is 1. The maximum absolute atomic E-state index is 12.4. The van der Waals surface area contributed by atoms with Gasteiger partial charge in [-0.05, 0) is 59.1 Å². The van der Waals surface area contributed by atoms with Crippen molar-refractivity contribution in [1.82, 2.24) is 4.90 Å². The van der Waals surface area contributed by atoms with Crippen LogP contribution >= 0.6 is 0 Å². The predicted molar refractivity (Wildman–Crippen MR) is 100 cm³/mol. The standard InChI is InChI=1S/C20H33NO4/c1-8-17(24-7)10-9-14(2)18-11-15(3)21(12-16(18)13-22)19(23)25-20(4,5)6/h8-10,15-16,18,22H,2,11-13H2,1,3-7H3/b10-9-,17-8+/t15-,16-,18-/m1/s1. The van der Waals surface area contributed by atoms with Crippen LogP contribution in [0.3, 0.4) is 0 Å². The fourth-order valence-corrected chi connectivity index (χ4v) is 3.06. The summed E-state index contributed by atoms with van der Waals surface area (Å²) in [5.74, 6) is 0.823. The lowest BCUT2D eigenvalue weighted by Gasteiger charge is -2.43. The van der Waals surface area contributed by atoms with E-state index >= 15 is 0 Å². The van der Waals surface area contributed by atoms with E-state index in [4.69, 9.17) is 9.47 Å². The molecule has 0 unspecified atom stereocenters. The first-order valence-corrected chi connectivity index (χ1v) is 8.80. The van der Waals surface area contributed by atoms with Gasteiger partial charge in [0.1, 0.15) is 11.4 Å². The monoisotopic (exact) mass is 351 g/mol. The van der Waals surface area contributed by atoms with Gasteiger partial charge < -0.3 is 19.5 Å². The molecule has 1 N–H and O–H groups in total. The number of hydrogen-bond acceptors (Lipinski definition) is 4. The first-order chi connectivity index (χ1) is 11.6. The number of amides is 1. The van der Waals surface area contributed by atoms with Crippen LogP contribution in [0, 0.1) is 11.8 Å². The number of allylic oxidation sites excluding steroid dienone is 4. The van der Waals surface area contributed by atoms with Crippen LogP contribution in [-0.2, 0) is 9.47 Å². The summed E-state index contributed by atoms with van der Waals surface area (Å²) in [6.07, 6.45) is 6.10. The number of aliphatic hydroxyl groups excluding tert-OH is 1. The molecule has 0 aliphatic carbocycles. The Kier molecular flexibility index (Phi) is 7.74. The van der Waals surface area contributed by atoms with E-state index in [1.165, 1.54) is 0 Å². The third-order valence-electron chi connectivity index (χ3n) is 4.45. The van der Waals surface area contributed by atoms with Gasteiger partial charge in [0.2, 0.25) is 0 Å². The maximum atomic E-state index is 12.4. The average molecular weight is 351 g/mol. The van der Waals surface area contributed by atoms with Gasteiger partial charge in [-0.2, -0.15) is 0 Å². The Bertz CT molecular complexity index is 530. The van der Waals surface area contributed by atoms with Gasteiger partial charge in [-0.25, -0.2) is 4.79 Å². The fraction of sp³-hybridized carbons (Fsp3) is 0.650.